The maximum Gasteiger partial charge on any atom is 0.234 e. The highest BCUT2D eigenvalue weighted by molar-refractivity contribution is 7.13. The molecule has 2 aromatic heterocycles. The van der Waals surface area contributed by atoms with Crippen molar-refractivity contribution in [1.29, 1.82) is 0 Å². The van der Waals surface area contributed by atoms with Gasteiger partial charge in [0.25, 0.3) is 0 Å². The molecule has 1 aliphatic rings. The molecular weight excluding hydrogens is 286 g/mol. The third-order valence-electron chi connectivity index (χ3n) is 3.62. The van der Waals surface area contributed by atoms with E-state index in [4.69, 9.17) is 5.73 Å². The number of carbonyl (C=O) groups is 1. The van der Waals surface area contributed by atoms with Gasteiger partial charge in [-0.1, -0.05) is 6.42 Å². The number of nitrogens with zero attached hydrogens (tertiary/aromatic N) is 4. The summed E-state index contributed by atoms with van der Waals surface area (Å²) in [5.74, 6) is 0.399. The molecule has 0 saturated carbocycles. The van der Waals surface area contributed by atoms with Crippen molar-refractivity contribution in [3.8, 4) is 10.8 Å². The first kappa shape index (κ1) is 14.1. The minimum absolute atomic E-state index is 0.170. The Kier molecular flexibility index (Phi) is 4.21. The third kappa shape index (κ3) is 3.25. The standard InChI is InChI=1S/C14H17N5OS/c15-12(20)11-4-1-2-7-19(11)8-10-9-21-14(18-10)13-16-5-3-6-17-13/h3,5-6,9,11H,1-2,4,7-8H2,(H2,15,20)/t11-/m1/s1. The minimum Gasteiger partial charge on any atom is -0.368 e. The van der Waals surface area contributed by atoms with Gasteiger partial charge >= 0.3 is 0 Å². The zero-order valence-electron chi connectivity index (χ0n) is 11.6. The molecule has 1 amide bonds. The lowest BCUT2D eigenvalue weighted by Gasteiger charge is -2.32. The molecule has 2 N–H and O–H groups in total. The van der Waals surface area contributed by atoms with E-state index >= 15 is 0 Å². The number of thiazole rings is 1. The molecule has 0 unspecified atom stereocenters. The van der Waals surface area contributed by atoms with Crippen LogP contribution in [0.1, 0.15) is 25.0 Å². The molecule has 1 saturated heterocycles. The SMILES string of the molecule is NC(=O)[C@H]1CCCCN1Cc1csc(-c2ncccn2)n1. The lowest BCUT2D eigenvalue weighted by molar-refractivity contribution is -0.124. The summed E-state index contributed by atoms with van der Waals surface area (Å²) in [5.41, 5.74) is 6.43. The summed E-state index contributed by atoms with van der Waals surface area (Å²) in [5, 5.41) is 2.80. The molecule has 1 fully saturated rings. The Hall–Kier alpha value is -1.86. The predicted molar refractivity (Wildman–Crippen MR) is 80.4 cm³/mol. The lowest BCUT2D eigenvalue weighted by atomic mass is 10.0. The van der Waals surface area contributed by atoms with Crippen molar-refractivity contribution in [3.05, 3.63) is 29.5 Å². The summed E-state index contributed by atoms with van der Waals surface area (Å²) in [6.07, 6.45) is 6.41. The van der Waals surface area contributed by atoms with Crippen LogP contribution in [0.2, 0.25) is 0 Å². The molecule has 1 atom stereocenters. The number of amides is 1. The van der Waals surface area contributed by atoms with Crippen LogP contribution in [-0.2, 0) is 11.3 Å². The van der Waals surface area contributed by atoms with Crippen LogP contribution in [0.25, 0.3) is 10.8 Å². The zero-order chi connectivity index (χ0) is 14.7. The van der Waals surface area contributed by atoms with Crippen molar-refractivity contribution in [2.24, 2.45) is 5.73 Å². The van der Waals surface area contributed by atoms with E-state index in [2.05, 4.69) is 19.9 Å². The molecular formula is C14H17N5OS. The van der Waals surface area contributed by atoms with Gasteiger partial charge in [-0.15, -0.1) is 11.3 Å². The second-order valence-corrected chi connectivity index (χ2v) is 5.96. The fourth-order valence-corrected chi connectivity index (χ4v) is 3.36. The molecule has 0 radical (unpaired) electrons. The smallest absolute Gasteiger partial charge is 0.234 e. The fraction of sp³-hybridized carbons (Fsp3) is 0.429. The van der Waals surface area contributed by atoms with Crippen molar-refractivity contribution in [1.82, 2.24) is 19.9 Å². The van der Waals surface area contributed by atoms with Gasteiger partial charge in [-0.3, -0.25) is 9.69 Å². The van der Waals surface area contributed by atoms with Crippen molar-refractivity contribution in [3.63, 3.8) is 0 Å². The summed E-state index contributed by atoms with van der Waals surface area (Å²) in [6.45, 7) is 1.54. The molecule has 0 spiro atoms. The number of likely N-dealkylation sites (tertiary alicyclic amines) is 1. The molecule has 3 rings (SSSR count). The van der Waals surface area contributed by atoms with E-state index in [-0.39, 0.29) is 11.9 Å². The van der Waals surface area contributed by atoms with E-state index in [1.807, 2.05) is 5.38 Å². The quantitative estimate of drug-likeness (QED) is 0.923. The molecule has 1 aliphatic heterocycles. The van der Waals surface area contributed by atoms with Gasteiger partial charge in [0.2, 0.25) is 5.91 Å². The maximum absolute atomic E-state index is 11.5. The van der Waals surface area contributed by atoms with Crippen LogP contribution >= 0.6 is 11.3 Å². The molecule has 7 heteroatoms. The molecule has 0 bridgehead atoms. The van der Waals surface area contributed by atoms with E-state index in [0.717, 1.165) is 36.5 Å². The number of carbonyl (C=O) groups excluding carboxylic acids is 1. The number of nitrogens with two attached hydrogens (primary N) is 1. The Morgan fingerprint density at radius 3 is 2.95 bits per heavy atom. The first-order chi connectivity index (χ1) is 10.2. The van der Waals surface area contributed by atoms with Crippen molar-refractivity contribution in [2.45, 2.75) is 31.8 Å². The summed E-state index contributed by atoms with van der Waals surface area (Å²) < 4.78 is 0. The topological polar surface area (TPSA) is 85.0 Å². The highest BCUT2D eigenvalue weighted by atomic mass is 32.1. The lowest BCUT2D eigenvalue weighted by Crippen LogP contribution is -2.47. The zero-order valence-corrected chi connectivity index (χ0v) is 12.4. The second kappa shape index (κ2) is 6.28. The normalized spacial score (nSPS) is 19.5. The molecule has 3 heterocycles. The van der Waals surface area contributed by atoms with E-state index in [1.54, 1.807) is 18.5 Å². The van der Waals surface area contributed by atoms with Crippen LogP contribution < -0.4 is 5.73 Å². The molecule has 0 aliphatic carbocycles. The number of aromatic nitrogens is 3. The monoisotopic (exact) mass is 303 g/mol. The Labute approximate surface area is 127 Å². The number of hydrogen-bond donors (Lipinski definition) is 1. The number of rotatable bonds is 4. The Balaban J connectivity index is 1.73. The van der Waals surface area contributed by atoms with E-state index < -0.39 is 0 Å². The first-order valence-corrected chi connectivity index (χ1v) is 7.87. The molecule has 110 valence electrons. The Morgan fingerprint density at radius 2 is 2.19 bits per heavy atom. The Morgan fingerprint density at radius 1 is 1.38 bits per heavy atom. The second-order valence-electron chi connectivity index (χ2n) is 5.10. The van der Waals surface area contributed by atoms with Crippen LogP contribution in [-0.4, -0.2) is 38.3 Å². The van der Waals surface area contributed by atoms with Crippen molar-refractivity contribution in [2.75, 3.05) is 6.54 Å². The van der Waals surface area contributed by atoms with Gasteiger partial charge in [0.1, 0.15) is 0 Å². The van der Waals surface area contributed by atoms with E-state index in [1.165, 1.54) is 11.3 Å². The number of primary amides is 1. The third-order valence-corrected chi connectivity index (χ3v) is 4.50. The average molecular weight is 303 g/mol. The van der Waals surface area contributed by atoms with Gasteiger partial charge in [-0.2, -0.15) is 0 Å². The van der Waals surface area contributed by atoms with Crippen LogP contribution in [0.5, 0.6) is 0 Å². The van der Waals surface area contributed by atoms with Crippen LogP contribution in [0.4, 0.5) is 0 Å². The van der Waals surface area contributed by atoms with Gasteiger partial charge in [0.15, 0.2) is 10.8 Å². The first-order valence-electron chi connectivity index (χ1n) is 6.99. The average Bonchev–Trinajstić information content (AvgIpc) is 2.97. The summed E-state index contributed by atoms with van der Waals surface area (Å²) in [6, 6.07) is 1.61. The van der Waals surface area contributed by atoms with Gasteiger partial charge in [0, 0.05) is 24.3 Å². The maximum atomic E-state index is 11.5. The van der Waals surface area contributed by atoms with Gasteiger partial charge in [0.05, 0.1) is 11.7 Å². The van der Waals surface area contributed by atoms with Crippen LogP contribution in [0.15, 0.2) is 23.8 Å². The minimum atomic E-state index is -0.239. The van der Waals surface area contributed by atoms with E-state index in [9.17, 15) is 4.79 Å². The highest BCUT2D eigenvalue weighted by Gasteiger charge is 2.27. The van der Waals surface area contributed by atoms with Crippen LogP contribution in [0.3, 0.4) is 0 Å². The summed E-state index contributed by atoms with van der Waals surface area (Å²) >= 11 is 1.52. The summed E-state index contributed by atoms with van der Waals surface area (Å²) in [4.78, 5) is 26.6. The molecule has 21 heavy (non-hydrogen) atoms. The largest absolute Gasteiger partial charge is 0.368 e. The van der Waals surface area contributed by atoms with Crippen molar-refractivity contribution >= 4 is 17.2 Å². The van der Waals surface area contributed by atoms with Gasteiger partial charge in [-0.05, 0) is 25.5 Å². The predicted octanol–water partition coefficient (Wildman–Crippen LogP) is 1.44. The highest BCUT2D eigenvalue weighted by Crippen LogP contribution is 2.23. The van der Waals surface area contributed by atoms with Gasteiger partial charge < -0.3 is 5.73 Å². The number of piperidine rings is 1. The van der Waals surface area contributed by atoms with Crippen LogP contribution in [0, 0.1) is 0 Å². The fourth-order valence-electron chi connectivity index (χ4n) is 2.60. The summed E-state index contributed by atoms with van der Waals surface area (Å²) in [7, 11) is 0. The molecule has 0 aromatic carbocycles. The molecule has 6 nitrogen and oxygen atoms in total. The van der Waals surface area contributed by atoms with Crippen molar-refractivity contribution < 1.29 is 4.79 Å². The Bertz CT molecular complexity index is 615. The van der Waals surface area contributed by atoms with Gasteiger partial charge in [-0.25, -0.2) is 15.0 Å². The molecule has 2 aromatic rings. The van der Waals surface area contributed by atoms with E-state index in [0.29, 0.717) is 12.4 Å². The number of hydrogen-bond acceptors (Lipinski definition) is 6.